The first-order valence-electron chi connectivity index (χ1n) is 9.14. The van der Waals surface area contributed by atoms with Crippen LogP contribution < -0.4 is 4.72 Å². The molecule has 2 aromatic rings. The Morgan fingerprint density at radius 1 is 1.19 bits per heavy atom. The predicted molar refractivity (Wildman–Crippen MR) is 104 cm³/mol. The van der Waals surface area contributed by atoms with Crippen molar-refractivity contribution >= 4 is 16.0 Å². The molecule has 1 aliphatic carbocycles. The van der Waals surface area contributed by atoms with Crippen LogP contribution in [0.15, 0.2) is 47.4 Å². The SMILES string of the molecule is COC(=O)CCc1cccc2c1CCC(NS(=O)(=O)c1ccc(C)cc1)C2. The fourth-order valence-corrected chi connectivity index (χ4v) is 4.84. The van der Waals surface area contributed by atoms with Crippen LogP contribution in [0.1, 0.15) is 35.1 Å². The molecular formula is C21H25NO4S. The van der Waals surface area contributed by atoms with Crippen molar-refractivity contribution in [3.8, 4) is 0 Å². The number of aryl methyl sites for hydroxylation is 2. The minimum atomic E-state index is -3.53. The third-order valence-electron chi connectivity index (χ3n) is 5.06. The van der Waals surface area contributed by atoms with Gasteiger partial charge in [-0.3, -0.25) is 4.79 Å². The molecule has 27 heavy (non-hydrogen) atoms. The molecule has 0 aliphatic heterocycles. The van der Waals surface area contributed by atoms with E-state index < -0.39 is 10.0 Å². The van der Waals surface area contributed by atoms with Crippen LogP contribution in [0, 0.1) is 6.92 Å². The summed E-state index contributed by atoms with van der Waals surface area (Å²) in [6.07, 6.45) is 3.21. The quantitative estimate of drug-likeness (QED) is 0.774. The Morgan fingerprint density at radius 2 is 1.93 bits per heavy atom. The van der Waals surface area contributed by atoms with Gasteiger partial charge in [-0.25, -0.2) is 13.1 Å². The van der Waals surface area contributed by atoms with Crippen LogP contribution in [-0.2, 0) is 38.8 Å². The molecule has 1 N–H and O–H groups in total. The third kappa shape index (κ3) is 4.76. The number of hydrogen-bond donors (Lipinski definition) is 1. The van der Waals surface area contributed by atoms with Gasteiger partial charge in [0.25, 0.3) is 0 Å². The highest BCUT2D eigenvalue weighted by atomic mass is 32.2. The highest BCUT2D eigenvalue weighted by Gasteiger charge is 2.25. The van der Waals surface area contributed by atoms with E-state index in [2.05, 4.69) is 4.72 Å². The first kappa shape index (κ1) is 19.6. The lowest BCUT2D eigenvalue weighted by molar-refractivity contribution is -0.140. The predicted octanol–water partition coefficient (Wildman–Crippen LogP) is 2.94. The summed E-state index contributed by atoms with van der Waals surface area (Å²) in [5, 5.41) is 0. The van der Waals surface area contributed by atoms with Gasteiger partial charge in [-0.05, 0) is 61.4 Å². The topological polar surface area (TPSA) is 72.5 Å². The van der Waals surface area contributed by atoms with Crippen LogP contribution in [0.4, 0.5) is 0 Å². The fourth-order valence-electron chi connectivity index (χ4n) is 3.56. The average molecular weight is 388 g/mol. The summed E-state index contributed by atoms with van der Waals surface area (Å²) in [5.41, 5.74) is 4.57. The largest absolute Gasteiger partial charge is 0.469 e. The van der Waals surface area contributed by atoms with Crippen LogP contribution in [0.2, 0.25) is 0 Å². The second kappa shape index (κ2) is 8.23. The number of methoxy groups -OCH3 is 1. The first-order valence-corrected chi connectivity index (χ1v) is 10.6. The number of carbonyl (C=O) groups excluding carboxylic acids is 1. The molecule has 3 rings (SSSR count). The van der Waals surface area contributed by atoms with Crippen LogP contribution in [0.5, 0.6) is 0 Å². The molecule has 0 saturated carbocycles. The summed E-state index contributed by atoms with van der Waals surface area (Å²) in [7, 11) is -2.13. The summed E-state index contributed by atoms with van der Waals surface area (Å²) in [6.45, 7) is 1.93. The standard InChI is InChI=1S/C21H25NO4S/c1-15-6-10-19(11-7-15)27(24,25)22-18-9-12-20-16(8-13-21(23)26-2)4-3-5-17(20)14-18/h3-7,10-11,18,22H,8-9,12-14H2,1-2H3. The lowest BCUT2D eigenvalue weighted by atomic mass is 9.85. The Kier molecular flexibility index (Phi) is 5.97. The molecule has 5 nitrogen and oxygen atoms in total. The average Bonchev–Trinajstić information content (AvgIpc) is 2.65. The molecule has 0 heterocycles. The van der Waals surface area contributed by atoms with Crippen LogP contribution in [-0.4, -0.2) is 27.5 Å². The van der Waals surface area contributed by atoms with Crippen molar-refractivity contribution in [2.45, 2.75) is 50.0 Å². The summed E-state index contributed by atoms with van der Waals surface area (Å²) in [6, 6.07) is 12.8. The highest BCUT2D eigenvalue weighted by Crippen LogP contribution is 2.26. The third-order valence-corrected chi connectivity index (χ3v) is 6.59. The van der Waals surface area contributed by atoms with Gasteiger partial charge in [0.2, 0.25) is 10.0 Å². The number of carbonyl (C=O) groups is 1. The van der Waals surface area contributed by atoms with Gasteiger partial charge in [0.05, 0.1) is 12.0 Å². The van der Waals surface area contributed by atoms with Gasteiger partial charge < -0.3 is 4.74 Å². The summed E-state index contributed by atoms with van der Waals surface area (Å²) in [4.78, 5) is 11.7. The molecule has 6 heteroatoms. The number of rotatable bonds is 6. The molecule has 1 aliphatic rings. The summed E-state index contributed by atoms with van der Waals surface area (Å²) < 4.78 is 32.8. The van der Waals surface area contributed by atoms with Gasteiger partial charge in [0, 0.05) is 12.5 Å². The number of nitrogens with one attached hydrogen (secondary N) is 1. The number of esters is 1. The van der Waals surface area contributed by atoms with E-state index in [4.69, 9.17) is 4.74 Å². The van der Waals surface area contributed by atoms with Gasteiger partial charge in [-0.1, -0.05) is 35.9 Å². The van der Waals surface area contributed by atoms with Gasteiger partial charge in [-0.2, -0.15) is 0 Å². The van der Waals surface area contributed by atoms with E-state index in [1.807, 2.05) is 25.1 Å². The van der Waals surface area contributed by atoms with E-state index in [0.717, 1.165) is 29.5 Å². The molecule has 144 valence electrons. The summed E-state index contributed by atoms with van der Waals surface area (Å²) in [5.74, 6) is -0.216. The number of ether oxygens (including phenoxy) is 1. The van der Waals surface area contributed by atoms with Gasteiger partial charge in [-0.15, -0.1) is 0 Å². The molecule has 0 radical (unpaired) electrons. The number of hydrogen-bond acceptors (Lipinski definition) is 4. The Bertz CT molecular complexity index is 920. The molecule has 0 bridgehead atoms. The first-order chi connectivity index (χ1) is 12.9. The molecule has 0 amide bonds. The zero-order chi connectivity index (χ0) is 19.4. The molecule has 0 spiro atoms. The van der Waals surface area contributed by atoms with Crippen LogP contribution in [0.25, 0.3) is 0 Å². The maximum absolute atomic E-state index is 12.6. The Hall–Kier alpha value is -2.18. The zero-order valence-electron chi connectivity index (χ0n) is 15.7. The molecule has 0 fully saturated rings. The fraction of sp³-hybridized carbons (Fsp3) is 0.381. The van der Waals surface area contributed by atoms with E-state index in [-0.39, 0.29) is 12.0 Å². The molecular weight excluding hydrogens is 362 g/mol. The van der Waals surface area contributed by atoms with E-state index >= 15 is 0 Å². The van der Waals surface area contributed by atoms with Crippen molar-refractivity contribution in [2.75, 3.05) is 7.11 Å². The van der Waals surface area contributed by atoms with E-state index in [1.165, 1.54) is 12.7 Å². The van der Waals surface area contributed by atoms with Crippen molar-refractivity contribution in [3.05, 3.63) is 64.7 Å². The van der Waals surface area contributed by atoms with E-state index in [0.29, 0.717) is 24.2 Å². The minimum Gasteiger partial charge on any atom is -0.469 e. The van der Waals surface area contributed by atoms with Crippen molar-refractivity contribution in [1.29, 1.82) is 0 Å². The molecule has 0 aromatic heterocycles. The Balaban J connectivity index is 1.71. The number of fused-ring (bicyclic) bond motifs is 1. The van der Waals surface area contributed by atoms with Gasteiger partial charge >= 0.3 is 5.97 Å². The van der Waals surface area contributed by atoms with Gasteiger partial charge in [0.1, 0.15) is 0 Å². The number of benzene rings is 2. The van der Waals surface area contributed by atoms with Crippen molar-refractivity contribution in [1.82, 2.24) is 4.72 Å². The van der Waals surface area contributed by atoms with Crippen molar-refractivity contribution in [3.63, 3.8) is 0 Å². The van der Waals surface area contributed by atoms with Crippen LogP contribution in [0.3, 0.4) is 0 Å². The zero-order valence-corrected chi connectivity index (χ0v) is 16.5. The smallest absolute Gasteiger partial charge is 0.305 e. The number of sulfonamides is 1. The molecule has 0 saturated heterocycles. The monoisotopic (exact) mass is 387 g/mol. The Morgan fingerprint density at radius 3 is 2.63 bits per heavy atom. The van der Waals surface area contributed by atoms with Crippen LogP contribution >= 0.6 is 0 Å². The second-order valence-electron chi connectivity index (χ2n) is 7.01. The summed E-state index contributed by atoms with van der Waals surface area (Å²) >= 11 is 0. The van der Waals surface area contributed by atoms with Crippen molar-refractivity contribution in [2.24, 2.45) is 0 Å². The lowest BCUT2D eigenvalue weighted by Crippen LogP contribution is -2.39. The minimum absolute atomic E-state index is 0.125. The maximum Gasteiger partial charge on any atom is 0.305 e. The van der Waals surface area contributed by atoms with E-state index in [1.54, 1.807) is 24.3 Å². The highest BCUT2D eigenvalue weighted by molar-refractivity contribution is 7.89. The maximum atomic E-state index is 12.6. The van der Waals surface area contributed by atoms with E-state index in [9.17, 15) is 13.2 Å². The van der Waals surface area contributed by atoms with Gasteiger partial charge in [0.15, 0.2) is 0 Å². The second-order valence-corrected chi connectivity index (χ2v) is 8.72. The normalized spacial score (nSPS) is 16.6. The molecule has 2 aromatic carbocycles. The van der Waals surface area contributed by atoms with Crippen molar-refractivity contribution < 1.29 is 17.9 Å². The molecule has 1 atom stereocenters. The lowest BCUT2D eigenvalue weighted by Gasteiger charge is -2.27. The molecule has 1 unspecified atom stereocenters. The Labute approximate surface area is 160 Å².